The highest BCUT2D eigenvalue weighted by Crippen LogP contribution is 2.21. The molecule has 0 spiro atoms. The van der Waals surface area contributed by atoms with E-state index in [1.807, 2.05) is 72.8 Å². The van der Waals surface area contributed by atoms with Crippen LogP contribution in [0.3, 0.4) is 0 Å². The zero-order valence-corrected chi connectivity index (χ0v) is 13.9. The highest BCUT2D eigenvalue weighted by atomic mass is 16.5. The van der Waals surface area contributed by atoms with Crippen molar-refractivity contribution in [3.8, 4) is 5.75 Å². The molecule has 3 aromatic carbocycles. The summed E-state index contributed by atoms with van der Waals surface area (Å²) in [6.45, 7) is 1.45. The van der Waals surface area contributed by atoms with Crippen LogP contribution in [-0.2, 0) is 24.6 Å². The summed E-state index contributed by atoms with van der Waals surface area (Å²) in [5.74, 6) is 0.583. The number of hydrogen-bond donors (Lipinski definition) is 0. The van der Waals surface area contributed by atoms with E-state index in [9.17, 15) is 4.79 Å². The first-order valence-corrected chi connectivity index (χ1v) is 8.21. The summed E-state index contributed by atoms with van der Waals surface area (Å²) in [6, 6.07) is 25.5. The van der Waals surface area contributed by atoms with E-state index in [4.69, 9.17) is 9.47 Å². The van der Waals surface area contributed by atoms with E-state index in [-0.39, 0.29) is 0 Å². The third-order valence-corrected chi connectivity index (χ3v) is 3.82. The Balaban J connectivity index is 1.62. The Morgan fingerprint density at radius 2 is 1.28 bits per heavy atom. The maximum atomic E-state index is 11.2. The summed E-state index contributed by atoms with van der Waals surface area (Å²) in [5, 5.41) is 0. The minimum atomic E-state index is 0.427. The van der Waals surface area contributed by atoms with Crippen molar-refractivity contribution in [2.24, 2.45) is 0 Å². The lowest BCUT2D eigenvalue weighted by atomic mass is 10.1. The zero-order chi connectivity index (χ0) is 17.3. The molecule has 0 aliphatic rings. The van der Waals surface area contributed by atoms with Crippen molar-refractivity contribution < 1.29 is 14.3 Å². The Hall–Kier alpha value is -2.91. The minimum Gasteiger partial charge on any atom is -0.488 e. The van der Waals surface area contributed by atoms with Crippen LogP contribution in [0.15, 0.2) is 78.9 Å². The van der Waals surface area contributed by atoms with E-state index in [2.05, 4.69) is 0 Å². The van der Waals surface area contributed by atoms with Gasteiger partial charge in [-0.15, -0.1) is 0 Å². The summed E-state index contributed by atoms with van der Waals surface area (Å²) in [7, 11) is 0. The Labute approximate surface area is 147 Å². The molecule has 0 fully saturated rings. The van der Waals surface area contributed by atoms with Crippen LogP contribution in [0.5, 0.6) is 5.75 Å². The average molecular weight is 332 g/mol. The van der Waals surface area contributed by atoms with Gasteiger partial charge in [-0.25, -0.2) is 0 Å². The summed E-state index contributed by atoms with van der Waals surface area (Å²) in [6.07, 6.45) is 0.814. The van der Waals surface area contributed by atoms with Gasteiger partial charge in [-0.05, 0) is 28.8 Å². The monoisotopic (exact) mass is 332 g/mol. The number of carbonyl (C=O) groups excluding carboxylic acids is 1. The van der Waals surface area contributed by atoms with Crippen LogP contribution in [-0.4, -0.2) is 6.29 Å². The van der Waals surface area contributed by atoms with Crippen molar-refractivity contribution in [1.82, 2.24) is 0 Å². The number of benzene rings is 3. The molecule has 3 nitrogen and oxygen atoms in total. The number of hydrogen-bond acceptors (Lipinski definition) is 3. The first-order valence-electron chi connectivity index (χ1n) is 8.21. The molecular weight excluding hydrogens is 312 g/mol. The second-order valence-electron chi connectivity index (χ2n) is 5.74. The van der Waals surface area contributed by atoms with Gasteiger partial charge in [0.1, 0.15) is 12.4 Å². The standard InChI is InChI=1S/C22H20O3/c23-14-21-12-11-20(16-24-15-18-7-3-1-4-8-18)13-22(21)25-17-19-9-5-2-6-10-19/h1-14H,15-17H2. The van der Waals surface area contributed by atoms with Crippen LogP contribution in [0.1, 0.15) is 27.0 Å². The molecule has 0 heterocycles. The van der Waals surface area contributed by atoms with Gasteiger partial charge in [0.25, 0.3) is 0 Å². The average Bonchev–Trinajstić information content (AvgIpc) is 2.68. The zero-order valence-electron chi connectivity index (χ0n) is 13.9. The van der Waals surface area contributed by atoms with E-state index in [1.165, 1.54) is 0 Å². The fraction of sp³-hybridized carbons (Fsp3) is 0.136. The Morgan fingerprint density at radius 1 is 0.680 bits per heavy atom. The maximum absolute atomic E-state index is 11.2. The van der Waals surface area contributed by atoms with Crippen molar-refractivity contribution in [2.75, 3.05) is 0 Å². The lowest BCUT2D eigenvalue weighted by molar-refractivity contribution is 0.106. The maximum Gasteiger partial charge on any atom is 0.153 e. The van der Waals surface area contributed by atoms with E-state index in [0.717, 1.165) is 23.0 Å². The molecule has 0 aliphatic carbocycles. The predicted octanol–water partition coefficient (Wildman–Crippen LogP) is 4.79. The molecule has 0 atom stereocenters. The fourth-order valence-electron chi connectivity index (χ4n) is 2.49. The number of ether oxygens (including phenoxy) is 2. The molecular formula is C22H20O3. The molecule has 126 valence electrons. The quantitative estimate of drug-likeness (QED) is 0.556. The smallest absolute Gasteiger partial charge is 0.153 e. The SMILES string of the molecule is O=Cc1ccc(COCc2ccccc2)cc1OCc1ccccc1. The second kappa shape index (κ2) is 8.81. The van der Waals surface area contributed by atoms with Gasteiger partial charge in [0.15, 0.2) is 6.29 Å². The van der Waals surface area contributed by atoms with Gasteiger partial charge >= 0.3 is 0 Å². The lowest BCUT2D eigenvalue weighted by Crippen LogP contribution is -2.00. The predicted molar refractivity (Wildman–Crippen MR) is 97.5 cm³/mol. The van der Waals surface area contributed by atoms with Gasteiger partial charge in [0.2, 0.25) is 0 Å². The normalized spacial score (nSPS) is 10.4. The van der Waals surface area contributed by atoms with Crippen LogP contribution in [0.4, 0.5) is 0 Å². The number of rotatable bonds is 8. The van der Waals surface area contributed by atoms with Crippen molar-refractivity contribution >= 4 is 6.29 Å². The fourth-order valence-corrected chi connectivity index (χ4v) is 2.49. The number of carbonyl (C=O) groups is 1. The highest BCUT2D eigenvalue weighted by molar-refractivity contribution is 5.79. The molecule has 0 unspecified atom stereocenters. The molecule has 0 radical (unpaired) electrons. The molecule has 0 N–H and O–H groups in total. The van der Waals surface area contributed by atoms with Crippen LogP contribution < -0.4 is 4.74 Å². The van der Waals surface area contributed by atoms with E-state index in [0.29, 0.717) is 31.1 Å². The van der Waals surface area contributed by atoms with Crippen molar-refractivity contribution in [3.63, 3.8) is 0 Å². The van der Waals surface area contributed by atoms with Crippen molar-refractivity contribution in [2.45, 2.75) is 19.8 Å². The van der Waals surface area contributed by atoms with Crippen LogP contribution in [0, 0.1) is 0 Å². The van der Waals surface area contributed by atoms with Gasteiger partial charge in [-0.2, -0.15) is 0 Å². The summed E-state index contributed by atoms with van der Waals surface area (Å²) < 4.78 is 11.6. The van der Waals surface area contributed by atoms with Gasteiger partial charge in [-0.1, -0.05) is 66.7 Å². The molecule has 0 bridgehead atoms. The van der Waals surface area contributed by atoms with Crippen LogP contribution in [0.25, 0.3) is 0 Å². The van der Waals surface area contributed by atoms with E-state index < -0.39 is 0 Å². The first kappa shape index (κ1) is 16.9. The van der Waals surface area contributed by atoms with Gasteiger partial charge in [-0.3, -0.25) is 4.79 Å². The molecule has 0 aromatic heterocycles. The second-order valence-corrected chi connectivity index (χ2v) is 5.74. The third-order valence-electron chi connectivity index (χ3n) is 3.82. The molecule has 0 saturated heterocycles. The molecule has 0 saturated carbocycles. The largest absolute Gasteiger partial charge is 0.488 e. The van der Waals surface area contributed by atoms with Gasteiger partial charge in [0, 0.05) is 0 Å². The molecule has 0 aliphatic heterocycles. The molecule has 25 heavy (non-hydrogen) atoms. The topological polar surface area (TPSA) is 35.5 Å². The van der Waals surface area contributed by atoms with Crippen LogP contribution in [0.2, 0.25) is 0 Å². The summed E-state index contributed by atoms with van der Waals surface area (Å²) in [4.78, 5) is 11.2. The Kier molecular flexibility index (Phi) is 5.96. The first-order chi connectivity index (χ1) is 12.3. The van der Waals surface area contributed by atoms with E-state index in [1.54, 1.807) is 6.07 Å². The third kappa shape index (κ3) is 5.03. The van der Waals surface area contributed by atoms with Crippen molar-refractivity contribution in [1.29, 1.82) is 0 Å². The number of aldehydes is 1. The summed E-state index contributed by atoms with van der Waals surface area (Å²) in [5.41, 5.74) is 3.71. The minimum absolute atomic E-state index is 0.427. The Bertz CT molecular complexity index is 798. The molecule has 3 rings (SSSR count). The van der Waals surface area contributed by atoms with Crippen molar-refractivity contribution in [3.05, 3.63) is 101 Å². The highest BCUT2D eigenvalue weighted by Gasteiger charge is 2.06. The lowest BCUT2D eigenvalue weighted by Gasteiger charge is -2.11. The van der Waals surface area contributed by atoms with Gasteiger partial charge < -0.3 is 9.47 Å². The van der Waals surface area contributed by atoms with Crippen LogP contribution >= 0.6 is 0 Å². The summed E-state index contributed by atoms with van der Waals surface area (Å²) >= 11 is 0. The molecule has 0 amide bonds. The Morgan fingerprint density at radius 3 is 1.92 bits per heavy atom. The van der Waals surface area contributed by atoms with Gasteiger partial charge in [0.05, 0.1) is 18.8 Å². The van der Waals surface area contributed by atoms with E-state index >= 15 is 0 Å². The molecule has 3 heteroatoms. The molecule has 3 aromatic rings.